The molecule has 148 valence electrons. The van der Waals surface area contributed by atoms with E-state index in [1.54, 1.807) is 18.5 Å². The van der Waals surface area contributed by atoms with Crippen molar-refractivity contribution in [2.45, 2.75) is 51.5 Å². The van der Waals surface area contributed by atoms with E-state index < -0.39 is 10.0 Å². The Labute approximate surface area is 167 Å². The second kappa shape index (κ2) is 7.89. The van der Waals surface area contributed by atoms with Gasteiger partial charge in [0.05, 0.1) is 17.1 Å². The van der Waals surface area contributed by atoms with Gasteiger partial charge in [-0.1, -0.05) is 56.3 Å². The summed E-state index contributed by atoms with van der Waals surface area (Å²) in [6.45, 7) is 9.63. The molecule has 0 aliphatic carbocycles. The zero-order valence-corrected chi connectivity index (χ0v) is 17.8. The van der Waals surface area contributed by atoms with Crippen molar-refractivity contribution in [3.8, 4) is 5.69 Å². The number of sulfonamides is 1. The fourth-order valence-electron chi connectivity index (χ4n) is 3.37. The Balaban J connectivity index is 1.90. The zero-order chi connectivity index (χ0) is 20.5. The highest BCUT2D eigenvalue weighted by Crippen LogP contribution is 2.25. The SMILES string of the molecule is Cc1nn(-c2ccccc2)c(C)c1S(=O)(=O)NC(C)c1ccc(C(C)C)cc1. The predicted octanol–water partition coefficient (Wildman–Crippen LogP) is 4.65. The van der Waals surface area contributed by atoms with Crippen molar-refractivity contribution < 1.29 is 8.42 Å². The lowest BCUT2D eigenvalue weighted by Gasteiger charge is -2.16. The molecule has 2 aromatic carbocycles. The van der Waals surface area contributed by atoms with Gasteiger partial charge in [-0.3, -0.25) is 0 Å². The van der Waals surface area contributed by atoms with Crippen LogP contribution in [-0.4, -0.2) is 18.2 Å². The number of nitrogens with one attached hydrogen (secondary N) is 1. The molecule has 1 aromatic heterocycles. The standard InChI is InChI=1S/C22H27N3O2S/c1-15(2)19-11-13-20(14-12-19)16(3)24-28(26,27)22-17(4)23-25(18(22)5)21-9-7-6-8-10-21/h6-16,24H,1-5H3. The number of hydrogen-bond acceptors (Lipinski definition) is 3. The van der Waals surface area contributed by atoms with Gasteiger partial charge in [0, 0.05) is 6.04 Å². The Bertz CT molecular complexity index is 1050. The molecule has 28 heavy (non-hydrogen) atoms. The number of rotatable bonds is 6. The van der Waals surface area contributed by atoms with Crippen LogP contribution in [-0.2, 0) is 10.0 Å². The Morgan fingerprint density at radius 2 is 1.46 bits per heavy atom. The first-order chi connectivity index (χ1) is 13.2. The smallest absolute Gasteiger partial charge is 0.236 e. The van der Waals surface area contributed by atoms with Gasteiger partial charge in [-0.2, -0.15) is 5.10 Å². The van der Waals surface area contributed by atoms with E-state index in [1.165, 1.54) is 5.56 Å². The largest absolute Gasteiger partial charge is 0.244 e. The molecule has 0 saturated carbocycles. The summed E-state index contributed by atoms with van der Waals surface area (Å²) in [6.07, 6.45) is 0. The van der Waals surface area contributed by atoms with E-state index in [9.17, 15) is 8.42 Å². The lowest BCUT2D eigenvalue weighted by atomic mass is 10.00. The molecule has 1 N–H and O–H groups in total. The highest BCUT2D eigenvalue weighted by Gasteiger charge is 2.27. The van der Waals surface area contributed by atoms with Gasteiger partial charge in [0.25, 0.3) is 0 Å². The van der Waals surface area contributed by atoms with Crippen LogP contribution in [0, 0.1) is 13.8 Å². The van der Waals surface area contributed by atoms with Crippen LogP contribution in [0.4, 0.5) is 0 Å². The topological polar surface area (TPSA) is 64.0 Å². The highest BCUT2D eigenvalue weighted by molar-refractivity contribution is 7.89. The maximum Gasteiger partial charge on any atom is 0.244 e. The molecule has 0 aliphatic heterocycles. The second-order valence-electron chi connectivity index (χ2n) is 7.41. The van der Waals surface area contributed by atoms with Crippen LogP contribution in [0.15, 0.2) is 59.5 Å². The van der Waals surface area contributed by atoms with E-state index in [-0.39, 0.29) is 10.9 Å². The first kappa shape index (κ1) is 20.3. The van der Waals surface area contributed by atoms with Crippen LogP contribution >= 0.6 is 0 Å². The average Bonchev–Trinajstić information content (AvgIpc) is 2.97. The fraction of sp³-hybridized carbons (Fsp3) is 0.318. The number of nitrogens with zero attached hydrogens (tertiary/aromatic N) is 2. The van der Waals surface area contributed by atoms with Gasteiger partial charge in [0.15, 0.2) is 0 Å². The molecule has 3 aromatic rings. The van der Waals surface area contributed by atoms with Crippen LogP contribution in [0.5, 0.6) is 0 Å². The van der Waals surface area contributed by atoms with Crippen LogP contribution in [0.3, 0.4) is 0 Å². The molecule has 0 fully saturated rings. The first-order valence-corrected chi connectivity index (χ1v) is 10.9. The van der Waals surface area contributed by atoms with E-state index in [1.807, 2.05) is 49.4 Å². The van der Waals surface area contributed by atoms with Crippen LogP contribution in [0.25, 0.3) is 5.69 Å². The summed E-state index contributed by atoms with van der Waals surface area (Å²) in [6, 6.07) is 17.3. The Kier molecular flexibility index (Phi) is 5.72. The van der Waals surface area contributed by atoms with Crippen molar-refractivity contribution in [3.05, 3.63) is 77.1 Å². The van der Waals surface area contributed by atoms with Gasteiger partial charge < -0.3 is 0 Å². The summed E-state index contributed by atoms with van der Waals surface area (Å²) in [5, 5.41) is 4.46. The van der Waals surface area contributed by atoms with Crippen molar-refractivity contribution in [1.29, 1.82) is 0 Å². The maximum atomic E-state index is 13.1. The number of benzene rings is 2. The third-order valence-electron chi connectivity index (χ3n) is 4.93. The second-order valence-corrected chi connectivity index (χ2v) is 9.06. The van der Waals surface area contributed by atoms with E-state index >= 15 is 0 Å². The first-order valence-electron chi connectivity index (χ1n) is 9.44. The molecule has 3 rings (SSSR count). The highest BCUT2D eigenvalue weighted by atomic mass is 32.2. The number of para-hydroxylation sites is 1. The lowest BCUT2D eigenvalue weighted by molar-refractivity contribution is 0.565. The number of hydrogen-bond donors (Lipinski definition) is 1. The quantitative estimate of drug-likeness (QED) is 0.658. The summed E-state index contributed by atoms with van der Waals surface area (Å²) in [7, 11) is -3.72. The molecule has 0 saturated heterocycles. The predicted molar refractivity (Wildman–Crippen MR) is 112 cm³/mol. The minimum absolute atomic E-state index is 0.238. The molecule has 0 aliphatic rings. The van der Waals surface area contributed by atoms with Gasteiger partial charge in [-0.25, -0.2) is 17.8 Å². The molecule has 0 amide bonds. The van der Waals surface area contributed by atoms with Crippen molar-refractivity contribution in [1.82, 2.24) is 14.5 Å². The van der Waals surface area contributed by atoms with Gasteiger partial charge in [-0.05, 0) is 49.9 Å². The van der Waals surface area contributed by atoms with Crippen molar-refractivity contribution >= 4 is 10.0 Å². The Morgan fingerprint density at radius 3 is 2.04 bits per heavy atom. The molecule has 1 atom stereocenters. The van der Waals surface area contributed by atoms with Gasteiger partial charge in [0.1, 0.15) is 4.90 Å². The fourth-order valence-corrected chi connectivity index (χ4v) is 4.99. The van der Waals surface area contributed by atoms with E-state index in [0.717, 1.165) is 11.3 Å². The van der Waals surface area contributed by atoms with Gasteiger partial charge in [0.2, 0.25) is 10.0 Å². The molecule has 6 heteroatoms. The summed E-state index contributed by atoms with van der Waals surface area (Å²) in [4.78, 5) is 0.238. The Morgan fingerprint density at radius 1 is 0.893 bits per heavy atom. The monoisotopic (exact) mass is 397 g/mol. The number of aryl methyl sites for hydroxylation is 1. The van der Waals surface area contributed by atoms with Crippen LogP contribution in [0.2, 0.25) is 0 Å². The molecule has 1 heterocycles. The molecular formula is C22H27N3O2S. The summed E-state index contributed by atoms with van der Waals surface area (Å²) in [5.41, 5.74) is 4.07. The normalized spacial score (nSPS) is 13.1. The summed E-state index contributed by atoms with van der Waals surface area (Å²) < 4.78 is 30.7. The molecule has 0 bridgehead atoms. The minimum atomic E-state index is -3.72. The van der Waals surface area contributed by atoms with E-state index in [2.05, 4.69) is 35.8 Å². The van der Waals surface area contributed by atoms with Crippen molar-refractivity contribution in [2.75, 3.05) is 0 Å². The molecule has 0 radical (unpaired) electrons. The molecule has 0 spiro atoms. The maximum absolute atomic E-state index is 13.1. The van der Waals surface area contributed by atoms with Gasteiger partial charge >= 0.3 is 0 Å². The third-order valence-corrected chi connectivity index (χ3v) is 6.72. The minimum Gasteiger partial charge on any atom is -0.236 e. The summed E-state index contributed by atoms with van der Waals surface area (Å²) >= 11 is 0. The lowest BCUT2D eigenvalue weighted by Crippen LogP contribution is -2.27. The average molecular weight is 398 g/mol. The molecule has 1 unspecified atom stereocenters. The molecular weight excluding hydrogens is 370 g/mol. The van der Waals surface area contributed by atoms with Crippen molar-refractivity contribution in [2.24, 2.45) is 0 Å². The molecule has 5 nitrogen and oxygen atoms in total. The zero-order valence-electron chi connectivity index (χ0n) is 17.0. The van der Waals surface area contributed by atoms with Crippen LogP contribution in [0.1, 0.15) is 55.2 Å². The number of aromatic nitrogens is 2. The van der Waals surface area contributed by atoms with E-state index in [0.29, 0.717) is 17.3 Å². The van der Waals surface area contributed by atoms with Gasteiger partial charge in [-0.15, -0.1) is 0 Å². The summed E-state index contributed by atoms with van der Waals surface area (Å²) in [5.74, 6) is 0.440. The van der Waals surface area contributed by atoms with Crippen molar-refractivity contribution in [3.63, 3.8) is 0 Å². The van der Waals surface area contributed by atoms with E-state index in [4.69, 9.17) is 0 Å². The Hall–Kier alpha value is -2.44. The van der Waals surface area contributed by atoms with Crippen LogP contribution < -0.4 is 4.72 Å². The third kappa shape index (κ3) is 4.03.